The van der Waals surface area contributed by atoms with Crippen LogP contribution in [0.4, 0.5) is 20.3 Å². The van der Waals surface area contributed by atoms with Crippen LogP contribution in [-0.2, 0) is 6.67 Å². The van der Waals surface area contributed by atoms with Crippen LogP contribution in [0.3, 0.4) is 0 Å². The molecule has 1 aromatic carbocycles. The number of rotatable bonds is 6. The molecule has 4 aromatic rings. The molecule has 152 valence electrons. The lowest BCUT2D eigenvalue weighted by Gasteiger charge is -2.11. The van der Waals surface area contributed by atoms with Crippen LogP contribution in [-0.4, -0.2) is 36.8 Å². The lowest BCUT2D eigenvalue weighted by molar-refractivity contribution is 0.0951. The van der Waals surface area contributed by atoms with Gasteiger partial charge in [-0.1, -0.05) is 12.1 Å². The van der Waals surface area contributed by atoms with Gasteiger partial charge in [-0.05, 0) is 29.8 Å². The molecule has 30 heavy (non-hydrogen) atoms. The van der Waals surface area contributed by atoms with Gasteiger partial charge in [0.25, 0.3) is 0 Å². The van der Waals surface area contributed by atoms with Crippen molar-refractivity contribution in [3.63, 3.8) is 0 Å². The standard InChI is InChI=1S/C21H17F2N5O2/c22-7-12-1-3-15(4-2-12)28-21-20-17(26-11-27-21)6-14(9-25-20)19-16(23)5-13(8-24-19)18(30)10-29/h1-6,8-9,11,18,29-30H,7,10H2,(H,26,27,28). The van der Waals surface area contributed by atoms with Crippen molar-refractivity contribution in [1.29, 1.82) is 0 Å². The van der Waals surface area contributed by atoms with E-state index in [1.54, 1.807) is 30.3 Å². The summed E-state index contributed by atoms with van der Waals surface area (Å²) in [7, 11) is 0. The first-order valence-electron chi connectivity index (χ1n) is 9.06. The molecule has 0 aliphatic carbocycles. The van der Waals surface area contributed by atoms with Gasteiger partial charge in [-0.15, -0.1) is 0 Å². The van der Waals surface area contributed by atoms with Crippen LogP contribution in [0.5, 0.6) is 0 Å². The Hall–Kier alpha value is -3.56. The second-order valence-corrected chi connectivity index (χ2v) is 6.57. The summed E-state index contributed by atoms with van der Waals surface area (Å²) in [6.07, 6.45) is 2.92. The van der Waals surface area contributed by atoms with Crippen LogP contribution in [0.2, 0.25) is 0 Å². The smallest absolute Gasteiger partial charge is 0.160 e. The Bertz CT molecular complexity index is 1190. The van der Waals surface area contributed by atoms with E-state index in [0.29, 0.717) is 33.7 Å². The number of hydrogen-bond acceptors (Lipinski definition) is 7. The van der Waals surface area contributed by atoms with Crippen molar-refractivity contribution in [2.45, 2.75) is 12.8 Å². The Kier molecular flexibility index (Phi) is 5.55. The lowest BCUT2D eigenvalue weighted by Crippen LogP contribution is -2.04. The maximum Gasteiger partial charge on any atom is 0.160 e. The number of fused-ring (bicyclic) bond motifs is 1. The third-order valence-corrected chi connectivity index (χ3v) is 4.54. The molecule has 7 nitrogen and oxygen atoms in total. The van der Waals surface area contributed by atoms with E-state index < -0.39 is 25.2 Å². The van der Waals surface area contributed by atoms with Gasteiger partial charge in [0.05, 0.1) is 12.1 Å². The molecule has 0 aliphatic heterocycles. The van der Waals surface area contributed by atoms with E-state index in [0.717, 1.165) is 6.07 Å². The van der Waals surface area contributed by atoms with Crippen LogP contribution >= 0.6 is 0 Å². The van der Waals surface area contributed by atoms with Gasteiger partial charge in [-0.3, -0.25) is 4.98 Å². The van der Waals surface area contributed by atoms with Crippen LogP contribution in [0.15, 0.2) is 55.1 Å². The SMILES string of the molecule is OCC(O)c1cnc(-c2cnc3c(Nc4ccc(CF)cc4)ncnc3c2)c(F)c1. The van der Waals surface area contributed by atoms with Gasteiger partial charge in [0.1, 0.15) is 36.1 Å². The summed E-state index contributed by atoms with van der Waals surface area (Å²) < 4.78 is 27.2. The zero-order valence-electron chi connectivity index (χ0n) is 15.6. The molecular formula is C21H17F2N5O2. The minimum atomic E-state index is -1.20. The molecule has 0 aliphatic rings. The number of anilines is 2. The second kappa shape index (κ2) is 8.44. The molecular weight excluding hydrogens is 392 g/mol. The van der Waals surface area contributed by atoms with Crippen molar-refractivity contribution in [2.75, 3.05) is 11.9 Å². The molecule has 0 saturated carbocycles. The zero-order valence-corrected chi connectivity index (χ0v) is 15.6. The molecule has 3 aromatic heterocycles. The van der Waals surface area contributed by atoms with Gasteiger partial charge in [-0.2, -0.15) is 0 Å². The van der Waals surface area contributed by atoms with Crippen LogP contribution < -0.4 is 5.32 Å². The average Bonchev–Trinajstić information content (AvgIpc) is 2.79. The minimum absolute atomic E-state index is 0.0493. The summed E-state index contributed by atoms with van der Waals surface area (Å²) in [5.74, 6) is -0.198. The Morgan fingerprint density at radius 1 is 1.00 bits per heavy atom. The molecule has 0 bridgehead atoms. The van der Waals surface area contributed by atoms with E-state index in [-0.39, 0.29) is 11.3 Å². The van der Waals surface area contributed by atoms with E-state index in [1.807, 2.05) is 0 Å². The summed E-state index contributed by atoms with van der Waals surface area (Å²) in [5.41, 5.74) is 2.87. The fourth-order valence-corrected chi connectivity index (χ4v) is 2.93. The van der Waals surface area contributed by atoms with Crippen molar-refractivity contribution >= 4 is 22.5 Å². The molecule has 3 N–H and O–H groups in total. The van der Waals surface area contributed by atoms with Crippen molar-refractivity contribution < 1.29 is 19.0 Å². The second-order valence-electron chi connectivity index (χ2n) is 6.57. The largest absolute Gasteiger partial charge is 0.393 e. The number of pyridine rings is 2. The number of nitrogens with zero attached hydrogens (tertiary/aromatic N) is 4. The molecule has 0 saturated heterocycles. The van der Waals surface area contributed by atoms with E-state index in [4.69, 9.17) is 5.11 Å². The molecule has 4 rings (SSSR count). The number of aliphatic hydroxyl groups is 2. The third kappa shape index (κ3) is 3.93. The summed E-state index contributed by atoms with van der Waals surface area (Å²) in [6.45, 7) is -1.06. The van der Waals surface area contributed by atoms with Gasteiger partial charge in [0.2, 0.25) is 0 Å². The van der Waals surface area contributed by atoms with Crippen LogP contribution in [0, 0.1) is 5.82 Å². The number of aromatic nitrogens is 4. The van der Waals surface area contributed by atoms with Gasteiger partial charge >= 0.3 is 0 Å². The van der Waals surface area contributed by atoms with Crippen molar-refractivity contribution in [3.8, 4) is 11.3 Å². The number of hydrogen-bond donors (Lipinski definition) is 3. The first-order chi connectivity index (χ1) is 14.6. The number of halogens is 2. The fraction of sp³-hybridized carbons (Fsp3) is 0.143. The zero-order chi connectivity index (χ0) is 21.1. The summed E-state index contributed by atoms with van der Waals surface area (Å²) >= 11 is 0. The fourth-order valence-electron chi connectivity index (χ4n) is 2.93. The Morgan fingerprint density at radius 2 is 1.80 bits per heavy atom. The predicted molar refractivity (Wildman–Crippen MR) is 107 cm³/mol. The van der Waals surface area contributed by atoms with Gasteiger partial charge < -0.3 is 15.5 Å². The predicted octanol–water partition coefficient (Wildman–Crippen LogP) is 3.46. The molecule has 0 spiro atoms. The highest BCUT2D eigenvalue weighted by Crippen LogP contribution is 2.27. The molecule has 0 amide bonds. The number of alkyl halides is 1. The van der Waals surface area contributed by atoms with E-state index in [9.17, 15) is 13.9 Å². The van der Waals surface area contributed by atoms with Gasteiger partial charge in [0, 0.05) is 29.2 Å². The normalized spacial score (nSPS) is 12.1. The number of aliphatic hydroxyl groups excluding tert-OH is 2. The van der Waals surface area contributed by atoms with Crippen molar-refractivity contribution in [3.05, 3.63) is 72.1 Å². The molecule has 0 radical (unpaired) electrons. The minimum Gasteiger partial charge on any atom is -0.393 e. The van der Waals surface area contributed by atoms with E-state index >= 15 is 0 Å². The quantitative estimate of drug-likeness (QED) is 0.448. The summed E-state index contributed by atoms with van der Waals surface area (Å²) in [4.78, 5) is 16.8. The first-order valence-corrected chi connectivity index (χ1v) is 9.06. The third-order valence-electron chi connectivity index (χ3n) is 4.54. The maximum atomic E-state index is 14.5. The maximum absolute atomic E-state index is 14.5. The monoisotopic (exact) mass is 409 g/mol. The summed E-state index contributed by atoms with van der Waals surface area (Å²) in [6, 6.07) is 9.57. The van der Waals surface area contributed by atoms with E-state index in [2.05, 4.69) is 25.3 Å². The molecule has 9 heteroatoms. The van der Waals surface area contributed by atoms with Gasteiger partial charge in [-0.25, -0.2) is 23.7 Å². The van der Waals surface area contributed by atoms with E-state index in [1.165, 1.54) is 18.7 Å². The molecule has 3 heterocycles. The topological polar surface area (TPSA) is 104 Å². The number of benzene rings is 1. The highest BCUT2D eigenvalue weighted by atomic mass is 19.1. The highest BCUT2D eigenvalue weighted by Gasteiger charge is 2.14. The first kappa shape index (κ1) is 19.7. The summed E-state index contributed by atoms with van der Waals surface area (Å²) in [5, 5.41) is 21.7. The molecule has 1 atom stereocenters. The Balaban J connectivity index is 1.67. The van der Waals surface area contributed by atoms with Gasteiger partial charge in [0.15, 0.2) is 5.82 Å². The van der Waals surface area contributed by atoms with Crippen molar-refractivity contribution in [1.82, 2.24) is 19.9 Å². The Labute approximate surface area is 170 Å². The molecule has 0 fully saturated rings. The average molecular weight is 409 g/mol. The highest BCUT2D eigenvalue weighted by molar-refractivity contribution is 5.89. The lowest BCUT2D eigenvalue weighted by atomic mass is 10.1. The van der Waals surface area contributed by atoms with Crippen LogP contribution in [0.25, 0.3) is 22.3 Å². The number of nitrogens with one attached hydrogen (secondary N) is 1. The van der Waals surface area contributed by atoms with Crippen molar-refractivity contribution in [2.24, 2.45) is 0 Å². The molecule has 1 unspecified atom stereocenters. The Morgan fingerprint density at radius 3 is 2.50 bits per heavy atom. The van der Waals surface area contributed by atoms with Crippen LogP contribution in [0.1, 0.15) is 17.2 Å².